The predicted octanol–water partition coefficient (Wildman–Crippen LogP) is 0.979. The SMILES string of the molecule is CC(C)(CNC(=O)C(C)(C)C)NCC(=O)N1C[C@@H](F)CC1C#N. The highest BCUT2D eigenvalue weighted by Gasteiger charge is 2.35. The summed E-state index contributed by atoms with van der Waals surface area (Å²) >= 11 is 0. The first kappa shape index (κ1) is 19.4. The molecule has 0 spiro atoms. The number of hydrogen-bond acceptors (Lipinski definition) is 4. The Morgan fingerprint density at radius 1 is 1.30 bits per heavy atom. The van der Waals surface area contributed by atoms with E-state index < -0.39 is 23.2 Å². The van der Waals surface area contributed by atoms with Gasteiger partial charge in [-0.05, 0) is 13.8 Å². The highest BCUT2D eigenvalue weighted by Crippen LogP contribution is 2.20. The molecule has 23 heavy (non-hydrogen) atoms. The van der Waals surface area contributed by atoms with Gasteiger partial charge in [-0.3, -0.25) is 9.59 Å². The van der Waals surface area contributed by atoms with Crippen molar-refractivity contribution in [3.8, 4) is 6.07 Å². The molecule has 0 aromatic rings. The van der Waals surface area contributed by atoms with E-state index in [0.29, 0.717) is 6.54 Å². The summed E-state index contributed by atoms with van der Waals surface area (Å²) in [6.45, 7) is 9.56. The molecule has 1 saturated heterocycles. The molecule has 1 unspecified atom stereocenters. The highest BCUT2D eigenvalue weighted by atomic mass is 19.1. The maximum absolute atomic E-state index is 13.4. The number of likely N-dealkylation sites (tertiary alicyclic amines) is 1. The third kappa shape index (κ3) is 5.79. The van der Waals surface area contributed by atoms with Crippen LogP contribution in [0.15, 0.2) is 0 Å². The molecule has 1 aliphatic rings. The molecule has 1 aliphatic heterocycles. The molecule has 2 N–H and O–H groups in total. The quantitative estimate of drug-likeness (QED) is 0.789. The summed E-state index contributed by atoms with van der Waals surface area (Å²) in [6, 6.07) is 1.27. The first-order valence-corrected chi connectivity index (χ1v) is 7.83. The van der Waals surface area contributed by atoms with Crippen molar-refractivity contribution in [2.75, 3.05) is 19.6 Å². The third-order valence-corrected chi connectivity index (χ3v) is 3.81. The van der Waals surface area contributed by atoms with Crippen LogP contribution in [0.25, 0.3) is 0 Å². The summed E-state index contributed by atoms with van der Waals surface area (Å²) in [5.74, 6) is -0.366. The van der Waals surface area contributed by atoms with Gasteiger partial charge in [0.2, 0.25) is 11.8 Å². The summed E-state index contributed by atoms with van der Waals surface area (Å²) in [7, 11) is 0. The number of nitrogens with zero attached hydrogens (tertiary/aromatic N) is 2. The van der Waals surface area contributed by atoms with Crippen molar-refractivity contribution >= 4 is 11.8 Å². The molecular weight excluding hydrogens is 299 g/mol. The zero-order valence-electron chi connectivity index (χ0n) is 14.6. The van der Waals surface area contributed by atoms with Crippen LogP contribution in [0.2, 0.25) is 0 Å². The second-order valence-electron chi connectivity index (χ2n) is 7.69. The van der Waals surface area contributed by atoms with E-state index in [1.165, 1.54) is 4.90 Å². The topological polar surface area (TPSA) is 85.2 Å². The zero-order chi connectivity index (χ0) is 17.8. The van der Waals surface area contributed by atoms with Gasteiger partial charge in [0.15, 0.2) is 0 Å². The monoisotopic (exact) mass is 326 g/mol. The van der Waals surface area contributed by atoms with Gasteiger partial charge in [0.1, 0.15) is 12.2 Å². The van der Waals surface area contributed by atoms with Crippen molar-refractivity contribution in [2.24, 2.45) is 5.41 Å². The zero-order valence-corrected chi connectivity index (χ0v) is 14.6. The molecule has 0 aromatic heterocycles. The average molecular weight is 326 g/mol. The molecule has 7 heteroatoms. The summed E-state index contributed by atoms with van der Waals surface area (Å²) in [5, 5.41) is 14.9. The van der Waals surface area contributed by atoms with Crippen LogP contribution in [0.4, 0.5) is 4.39 Å². The maximum atomic E-state index is 13.4. The van der Waals surface area contributed by atoms with E-state index in [-0.39, 0.29) is 31.3 Å². The van der Waals surface area contributed by atoms with E-state index in [1.54, 1.807) is 0 Å². The van der Waals surface area contributed by atoms with Gasteiger partial charge in [0, 0.05) is 23.9 Å². The van der Waals surface area contributed by atoms with Crippen LogP contribution in [-0.4, -0.2) is 54.1 Å². The van der Waals surface area contributed by atoms with Crippen molar-refractivity contribution in [3.05, 3.63) is 0 Å². The van der Waals surface area contributed by atoms with Gasteiger partial charge in [-0.15, -0.1) is 0 Å². The van der Waals surface area contributed by atoms with Gasteiger partial charge in [-0.1, -0.05) is 20.8 Å². The van der Waals surface area contributed by atoms with Crippen molar-refractivity contribution in [3.63, 3.8) is 0 Å². The smallest absolute Gasteiger partial charge is 0.237 e. The molecule has 0 bridgehead atoms. The molecule has 0 aromatic carbocycles. The minimum absolute atomic E-state index is 0.00326. The van der Waals surface area contributed by atoms with Crippen LogP contribution < -0.4 is 10.6 Å². The fourth-order valence-electron chi connectivity index (χ4n) is 2.23. The lowest BCUT2D eigenvalue weighted by Gasteiger charge is -2.29. The van der Waals surface area contributed by atoms with E-state index in [1.807, 2.05) is 40.7 Å². The first-order chi connectivity index (χ1) is 10.5. The lowest BCUT2D eigenvalue weighted by atomic mass is 9.95. The lowest BCUT2D eigenvalue weighted by molar-refractivity contribution is -0.130. The number of carbonyl (C=O) groups excluding carboxylic acids is 2. The van der Waals surface area contributed by atoms with Crippen molar-refractivity contribution < 1.29 is 14.0 Å². The van der Waals surface area contributed by atoms with Gasteiger partial charge in [-0.25, -0.2) is 4.39 Å². The Bertz CT molecular complexity index is 493. The highest BCUT2D eigenvalue weighted by molar-refractivity contribution is 5.81. The normalized spacial score (nSPS) is 21.9. The molecule has 6 nitrogen and oxygen atoms in total. The number of nitriles is 1. The number of carbonyl (C=O) groups is 2. The van der Waals surface area contributed by atoms with Crippen molar-refractivity contribution in [2.45, 2.75) is 58.8 Å². The number of amides is 2. The average Bonchev–Trinajstić information content (AvgIpc) is 2.82. The number of hydrogen-bond donors (Lipinski definition) is 2. The van der Waals surface area contributed by atoms with E-state index in [9.17, 15) is 14.0 Å². The molecule has 1 heterocycles. The summed E-state index contributed by atoms with van der Waals surface area (Å²) in [6.07, 6.45) is -1.06. The minimum atomic E-state index is -1.14. The molecule has 0 radical (unpaired) electrons. The van der Waals surface area contributed by atoms with Gasteiger partial charge in [-0.2, -0.15) is 5.26 Å². The first-order valence-electron chi connectivity index (χ1n) is 7.83. The van der Waals surface area contributed by atoms with E-state index in [4.69, 9.17) is 5.26 Å². The fraction of sp³-hybridized carbons (Fsp3) is 0.812. The van der Waals surface area contributed by atoms with Crippen molar-refractivity contribution in [1.29, 1.82) is 5.26 Å². The fourth-order valence-corrected chi connectivity index (χ4v) is 2.23. The van der Waals surface area contributed by atoms with E-state index in [0.717, 1.165) is 0 Å². The largest absolute Gasteiger partial charge is 0.354 e. The Morgan fingerprint density at radius 3 is 2.43 bits per heavy atom. The number of nitrogens with one attached hydrogen (secondary N) is 2. The molecule has 2 atom stereocenters. The number of rotatable bonds is 5. The predicted molar refractivity (Wildman–Crippen MR) is 85.2 cm³/mol. The van der Waals surface area contributed by atoms with Crippen LogP contribution in [0.3, 0.4) is 0 Å². The second-order valence-corrected chi connectivity index (χ2v) is 7.69. The van der Waals surface area contributed by atoms with Crippen molar-refractivity contribution in [1.82, 2.24) is 15.5 Å². The van der Waals surface area contributed by atoms with E-state index >= 15 is 0 Å². The Labute approximate surface area is 137 Å². The van der Waals surface area contributed by atoms with Crippen LogP contribution in [0.5, 0.6) is 0 Å². The van der Waals surface area contributed by atoms with Crippen LogP contribution in [0.1, 0.15) is 41.0 Å². The third-order valence-electron chi connectivity index (χ3n) is 3.81. The lowest BCUT2D eigenvalue weighted by Crippen LogP contribution is -2.54. The Balaban J connectivity index is 2.48. The Kier molecular flexibility index (Phi) is 6.11. The van der Waals surface area contributed by atoms with Crippen LogP contribution in [0, 0.1) is 16.7 Å². The van der Waals surface area contributed by atoms with Gasteiger partial charge in [0.05, 0.1) is 19.2 Å². The molecule has 0 aliphatic carbocycles. The summed E-state index contributed by atoms with van der Waals surface area (Å²) in [4.78, 5) is 25.3. The molecule has 0 saturated carbocycles. The number of halogens is 1. The van der Waals surface area contributed by atoms with Crippen LogP contribution in [-0.2, 0) is 9.59 Å². The number of alkyl halides is 1. The van der Waals surface area contributed by atoms with E-state index in [2.05, 4.69) is 10.6 Å². The molecule has 2 amide bonds. The molecular formula is C16H27FN4O2. The second kappa shape index (κ2) is 7.26. The summed E-state index contributed by atoms with van der Waals surface area (Å²) in [5.41, 5.74) is -0.967. The molecule has 1 rings (SSSR count). The Morgan fingerprint density at radius 2 is 1.91 bits per heavy atom. The molecule has 130 valence electrons. The van der Waals surface area contributed by atoms with Gasteiger partial charge < -0.3 is 15.5 Å². The molecule has 1 fully saturated rings. The minimum Gasteiger partial charge on any atom is -0.354 e. The Hall–Kier alpha value is -1.68. The van der Waals surface area contributed by atoms with Crippen LogP contribution >= 0.6 is 0 Å². The standard InChI is InChI=1S/C16H27FN4O2/c1-15(2,3)14(23)19-10-16(4,5)20-8-13(22)21-9-11(17)6-12(21)7-18/h11-12,20H,6,8-10H2,1-5H3,(H,19,23)/t11-,12?/m0/s1. The summed E-state index contributed by atoms with van der Waals surface area (Å²) < 4.78 is 13.4. The maximum Gasteiger partial charge on any atom is 0.237 e. The van der Waals surface area contributed by atoms with Gasteiger partial charge >= 0.3 is 0 Å². The van der Waals surface area contributed by atoms with Gasteiger partial charge in [0.25, 0.3) is 0 Å².